The van der Waals surface area contributed by atoms with Crippen LogP contribution in [0.5, 0.6) is 11.5 Å². The number of allylic oxidation sites excluding steroid dienone is 9. The Morgan fingerprint density at radius 1 is 1.11 bits per heavy atom. The Kier molecular flexibility index (Phi) is 10.3. The van der Waals surface area contributed by atoms with Crippen molar-refractivity contribution in [2.45, 2.75) is 60.5 Å². The molecule has 1 aliphatic rings. The molecule has 36 heavy (non-hydrogen) atoms. The lowest BCUT2D eigenvalue weighted by molar-refractivity contribution is -0.385. The molecule has 1 aromatic rings. The van der Waals surface area contributed by atoms with Crippen molar-refractivity contribution in [3.8, 4) is 11.5 Å². The van der Waals surface area contributed by atoms with Crippen LogP contribution < -0.4 is 9.47 Å². The van der Waals surface area contributed by atoms with E-state index >= 15 is 0 Å². The molecule has 0 heterocycles. The summed E-state index contributed by atoms with van der Waals surface area (Å²) in [5.74, 6) is -0.0463. The van der Waals surface area contributed by atoms with E-state index in [2.05, 4.69) is 32.9 Å². The summed E-state index contributed by atoms with van der Waals surface area (Å²) in [6.07, 6.45) is 15.0. The van der Waals surface area contributed by atoms with Crippen LogP contribution in [0, 0.1) is 15.5 Å². The summed E-state index contributed by atoms with van der Waals surface area (Å²) in [4.78, 5) is 23.1. The molecule has 0 N–H and O–H groups in total. The van der Waals surface area contributed by atoms with Crippen LogP contribution in [0.15, 0.2) is 70.9 Å². The minimum Gasteiger partial charge on any atom is -0.493 e. The molecule has 0 aliphatic heterocycles. The van der Waals surface area contributed by atoms with Crippen LogP contribution in [0.3, 0.4) is 0 Å². The third kappa shape index (κ3) is 7.97. The number of rotatable bonds is 10. The number of hydrogen-bond acceptors (Lipinski definition) is 6. The molecule has 0 aromatic heterocycles. The number of nitro groups is 1. The van der Waals surface area contributed by atoms with Gasteiger partial charge in [0.1, 0.15) is 6.61 Å². The third-order valence-corrected chi connectivity index (χ3v) is 6.27. The first kappa shape index (κ1) is 28.6. The normalized spacial score (nSPS) is 16.5. The van der Waals surface area contributed by atoms with E-state index in [1.54, 1.807) is 6.92 Å². The third-order valence-electron chi connectivity index (χ3n) is 6.27. The molecule has 7 nitrogen and oxygen atoms in total. The fourth-order valence-corrected chi connectivity index (χ4v) is 4.25. The minimum absolute atomic E-state index is 0.200. The molecule has 0 saturated carbocycles. The van der Waals surface area contributed by atoms with E-state index in [4.69, 9.17) is 14.2 Å². The Labute approximate surface area is 214 Å². The van der Waals surface area contributed by atoms with Crippen molar-refractivity contribution in [3.05, 3.63) is 86.6 Å². The van der Waals surface area contributed by atoms with E-state index in [0.29, 0.717) is 11.3 Å². The first-order valence-electron chi connectivity index (χ1n) is 12.0. The van der Waals surface area contributed by atoms with Gasteiger partial charge in [-0.3, -0.25) is 10.1 Å². The fourth-order valence-electron chi connectivity index (χ4n) is 4.25. The zero-order chi connectivity index (χ0) is 26.9. The Bertz CT molecular complexity index is 1130. The molecule has 194 valence electrons. The quantitative estimate of drug-likeness (QED) is 0.112. The number of nitro benzene ring substituents is 1. The summed E-state index contributed by atoms with van der Waals surface area (Å²) in [7, 11) is 2.82. The van der Waals surface area contributed by atoms with Gasteiger partial charge in [0, 0.05) is 6.08 Å². The number of nitrogens with zero attached hydrogens (tertiary/aromatic N) is 1. The number of hydrogen-bond donors (Lipinski definition) is 0. The van der Waals surface area contributed by atoms with Crippen molar-refractivity contribution in [1.29, 1.82) is 0 Å². The SMILES string of the molecule is COc1cc(COC(=O)/C=C(C)/C=C/C=C(C)/C=C/C2=C(C)CCCC2(C)C)c([N+](=O)[O-])cc1OC. The van der Waals surface area contributed by atoms with Crippen LogP contribution in [0.4, 0.5) is 5.69 Å². The highest BCUT2D eigenvalue weighted by Crippen LogP contribution is 2.40. The molecule has 0 atom stereocenters. The average molecular weight is 496 g/mol. The van der Waals surface area contributed by atoms with Gasteiger partial charge in [0.2, 0.25) is 0 Å². The molecule has 0 fully saturated rings. The maximum atomic E-state index is 12.3. The second-order valence-electron chi connectivity index (χ2n) is 9.62. The second-order valence-corrected chi connectivity index (χ2v) is 9.62. The Morgan fingerprint density at radius 2 is 1.78 bits per heavy atom. The van der Waals surface area contributed by atoms with E-state index in [1.807, 2.05) is 25.2 Å². The summed E-state index contributed by atoms with van der Waals surface area (Å²) in [6.45, 7) is 10.4. The minimum atomic E-state index is -0.594. The van der Waals surface area contributed by atoms with E-state index in [-0.39, 0.29) is 29.0 Å². The van der Waals surface area contributed by atoms with Gasteiger partial charge in [-0.05, 0) is 62.7 Å². The predicted molar refractivity (Wildman–Crippen MR) is 142 cm³/mol. The smallest absolute Gasteiger partial charge is 0.331 e. The lowest BCUT2D eigenvalue weighted by Gasteiger charge is -2.32. The zero-order valence-corrected chi connectivity index (χ0v) is 22.3. The molecule has 1 aromatic carbocycles. The van der Waals surface area contributed by atoms with Crippen LogP contribution in [0.2, 0.25) is 0 Å². The summed E-state index contributed by atoms with van der Waals surface area (Å²) >= 11 is 0. The molecule has 0 radical (unpaired) electrons. The Morgan fingerprint density at radius 3 is 2.39 bits per heavy atom. The van der Waals surface area contributed by atoms with Crippen LogP contribution in [-0.2, 0) is 16.1 Å². The first-order chi connectivity index (χ1) is 17.0. The van der Waals surface area contributed by atoms with Gasteiger partial charge in [0.15, 0.2) is 11.5 Å². The molecule has 0 amide bonds. The van der Waals surface area contributed by atoms with Crippen LogP contribution in [0.25, 0.3) is 0 Å². The standard InChI is InChI=1S/C29H37NO6/c1-20(13-14-24-22(3)12-9-15-29(24,4)5)10-8-11-21(2)16-28(31)36-19-23-17-26(34-6)27(35-7)18-25(23)30(32)33/h8,10-11,13-14,16-18H,9,12,15,19H2,1-7H3/b11-8+,14-13+,20-10+,21-16+. The number of carbonyl (C=O) groups is 1. The van der Waals surface area contributed by atoms with Gasteiger partial charge < -0.3 is 14.2 Å². The average Bonchev–Trinajstić information content (AvgIpc) is 2.81. The van der Waals surface area contributed by atoms with Gasteiger partial charge in [-0.1, -0.05) is 55.4 Å². The Hall–Kier alpha value is -3.61. The molecule has 1 aliphatic carbocycles. The van der Waals surface area contributed by atoms with Gasteiger partial charge in [0.05, 0.1) is 30.8 Å². The summed E-state index contributed by atoms with van der Waals surface area (Å²) in [6, 6.07) is 2.69. The predicted octanol–water partition coefficient (Wildman–Crippen LogP) is 7.19. The van der Waals surface area contributed by atoms with E-state index in [9.17, 15) is 14.9 Å². The lowest BCUT2D eigenvalue weighted by Crippen LogP contribution is -2.19. The van der Waals surface area contributed by atoms with Crippen LogP contribution in [-0.4, -0.2) is 25.1 Å². The highest BCUT2D eigenvalue weighted by atomic mass is 16.6. The summed E-state index contributed by atoms with van der Waals surface area (Å²) in [5.41, 5.74) is 4.87. The maximum Gasteiger partial charge on any atom is 0.331 e. The molecule has 0 spiro atoms. The van der Waals surface area contributed by atoms with Gasteiger partial charge >= 0.3 is 5.97 Å². The van der Waals surface area contributed by atoms with Crippen molar-refractivity contribution in [2.75, 3.05) is 14.2 Å². The highest BCUT2D eigenvalue weighted by Gasteiger charge is 2.26. The number of esters is 1. The largest absolute Gasteiger partial charge is 0.493 e. The number of benzene rings is 1. The number of carbonyl (C=O) groups excluding carboxylic acids is 1. The molecular formula is C29H37NO6. The van der Waals surface area contributed by atoms with Crippen molar-refractivity contribution >= 4 is 11.7 Å². The van der Waals surface area contributed by atoms with E-state index in [0.717, 1.165) is 12.0 Å². The van der Waals surface area contributed by atoms with Gasteiger partial charge in [-0.25, -0.2) is 4.79 Å². The van der Waals surface area contributed by atoms with Crippen molar-refractivity contribution in [1.82, 2.24) is 0 Å². The van der Waals surface area contributed by atoms with E-state index < -0.39 is 10.9 Å². The second kappa shape index (κ2) is 12.9. The fraction of sp³-hybridized carbons (Fsp3) is 0.414. The van der Waals surface area contributed by atoms with Gasteiger partial charge in [0.25, 0.3) is 5.69 Å². The number of methoxy groups -OCH3 is 2. The molecular weight excluding hydrogens is 458 g/mol. The van der Waals surface area contributed by atoms with Crippen molar-refractivity contribution < 1.29 is 23.9 Å². The van der Waals surface area contributed by atoms with Crippen LogP contribution in [0.1, 0.15) is 59.4 Å². The molecule has 2 rings (SSSR count). The summed E-state index contributed by atoms with van der Waals surface area (Å²) in [5, 5.41) is 11.4. The van der Waals surface area contributed by atoms with E-state index in [1.165, 1.54) is 56.4 Å². The first-order valence-corrected chi connectivity index (χ1v) is 12.0. The van der Waals surface area contributed by atoms with Crippen LogP contribution >= 0.6 is 0 Å². The molecule has 0 bridgehead atoms. The van der Waals surface area contributed by atoms with Gasteiger partial charge in [-0.15, -0.1) is 0 Å². The van der Waals surface area contributed by atoms with Crippen molar-refractivity contribution in [3.63, 3.8) is 0 Å². The monoisotopic (exact) mass is 495 g/mol. The summed E-state index contributed by atoms with van der Waals surface area (Å²) < 4.78 is 15.5. The Balaban J connectivity index is 2.02. The highest BCUT2D eigenvalue weighted by molar-refractivity contribution is 5.83. The zero-order valence-electron chi connectivity index (χ0n) is 22.3. The topological polar surface area (TPSA) is 87.9 Å². The molecule has 0 saturated heterocycles. The molecule has 7 heteroatoms. The number of ether oxygens (including phenoxy) is 3. The maximum absolute atomic E-state index is 12.3. The molecule has 0 unspecified atom stereocenters. The van der Waals surface area contributed by atoms with Gasteiger partial charge in [-0.2, -0.15) is 0 Å². The van der Waals surface area contributed by atoms with Crippen molar-refractivity contribution in [2.24, 2.45) is 5.41 Å². The lowest BCUT2D eigenvalue weighted by atomic mass is 9.72.